The number of anilines is 1. The molecule has 0 saturated heterocycles. The number of nitrogens with zero attached hydrogens (tertiary/aromatic N) is 2. The van der Waals surface area contributed by atoms with E-state index < -0.39 is 4.92 Å². The molecule has 0 unspecified atom stereocenters. The van der Waals surface area contributed by atoms with E-state index in [2.05, 4.69) is 10.4 Å². The molecule has 104 valence electrons. The van der Waals surface area contributed by atoms with Crippen LogP contribution in [0.15, 0.2) is 40.3 Å². The normalized spacial score (nSPS) is 10.3. The Hall–Kier alpha value is -1.54. The molecular weight excluding hydrogens is 323 g/mol. The third-order valence-electron chi connectivity index (χ3n) is 2.29. The molecule has 2 aromatic rings. The number of hydrogen-bond acceptors (Lipinski definition) is 6. The molecule has 0 aliphatic heterocycles. The first kappa shape index (κ1) is 14.9. The van der Waals surface area contributed by atoms with E-state index in [-0.39, 0.29) is 10.7 Å². The SMILES string of the molecule is NNc1ccc([N+](=O)[O-])c(Sc2ccc(Cl)c(Cl)c2)n1. The lowest BCUT2D eigenvalue weighted by molar-refractivity contribution is -0.388. The Labute approximate surface area is 128 Å². The van der Waals surface area contributed by atoms with Gasteiger partial charge in [-0.25, -0.2) is 10.8 Å². The molecule has 0 saturated carbocycles. The van der Waals surface area contributed by atoms with Crippen molar-refractivity contribution in [2.45, 2.75) is 9.92 Å². The first-order valence-electron chi connectivity index (χ1n) is 5.26. The van der Waals surface area contributed by atoms with Gasteiger partial charge in [0.05, 0.1) is 15.0 Å². The monoisotopic (exact) mass is 330 g/mol. The molecule has 2 rings (SSSR count). The number of halogens is 2. The number of aromatic nitrogens is 1. The lowest BCUT2D eigenvalue weighted by atomic mass is 10.4. The van der Waals surface area contributed by atoms with Gasteiger partial charge in [-0.2, -0.15) is 0 Å². The average molecular weight is 331 g/mol. The minimum atomic E-state index is -0.507. The first-order valence-corrected chi connectivity index (χ1v) is 6.83. The molecular formula is C11H8Cl2N4O2S. The maximum atomic E-state index is 11.0. The average Bonchev–Trinajstić information content (AvgIpc) is 2.42. The zero-order chi connectivity index (χ0) is 14.7. The number of rotatable bonds is 4. The van der Waals surface area contributed by atoms with Crippen LogP contribution < -0.4 is 11.3 Å². The second-order valence-corrected chi connectivity index (χ2v) is 5.48. The van der Waals surface area contributed by atoms with Crippen LogP contribution in [0.25, 0.3) is 0 Å². The summed E-state index contributed by atoms with van der Waals surface area (Å²) < 4.78 is 0. The van der Waals surface area contributed by atoms with Crippen LogP contribution in [0.3, 0.4) is 0 Å². The van der Waals surface area contributed by atoms with Crippen molar-refractivity contribution in [1.29, 1.82) is 0 Å². The molecule has 0 radical (unpaired) electrons. The number of nitrogens with two attached hydrogens (primary N) is 1. The van der Waals surface area contributed by atoms with E-state index in [1.54, 1.807) is 18.2 Å². The van der Waals surface area contributed by atoms with Crippen molar-refractivity contribution >= 4 is 46.5 Å². The molecule has 1 aromatic heterocycles. The lowest BCUT2D eigenvalue weighted by Gasteiger charge is -2.05. The summed E-state index contributed by atoms with van der Waals surface area (Å²) in [4.78, 5) is 15.2. The van der Waals surface area contributed by atoms with Crippen molar-refractivity contribution in [2.24, 2.45) is 5.84 Å². The van der Waals surface area contributed by atoms with Crippen LogP contribution in [0.2, 0.25) is 10.0 Å². The van der Waals surface area contributed by atoms with Crippen molar-refractivity contribution in [3.63, 3.8) is 0 Å². The predicted octanol–water partition coefficient (Wildman–Crippen LogP) is 3.73. The second-order valence-electron chi connectivity index (χ2n) is 3.60. The van der Waals surface area contributed by atoms with E-state index >= 15 is 0 Å². The van der Waals surface area contributed by atoms with Crippen LogP contribution in [0, 0.1) is 10.1 Å². The van der Waals surface area contributed by atoms with Crippen molar-refractivity contribution < 1.29 is 4.92 Å². The fourth-order valence-electron chi connectivity index (χ4n) is 1.38. The van der Waals surface area contributed by atoms with Crippen LogP contribution in [0.4, 0.5) is 11.5 Å². The highest BCUT2D eigenvalue weighted by molar-refractivity contribution is 7.99. The zero-order valence-electron chi connectivity index (χ0n) is 9.84. The van der Waals surface area contributed by atoms with Gasteiger partial charge in [0, 0.05) is 11.0 Å². The van der Waals surface area contributed by atoms with Gasteiger partial charge in [0.15, 0.2) is 5.03 Å². The van der Waals surface area contributed by atoms with Crippen LogP contribution >= 0.6 is 35.0 Å². The predicted molar refractivity (Wildman–Crippen MR) is 79.3 cm³/mol. The number of nitrogens with one attached hydrogen (secondary N) is 1. The molecule has 0 aliphatic carbocycles. The van der Waals surface area contributed by atoms with Gasteiger partial charge in [0.2, 0.25) is 0 Å². The van der Waals surface area contributed by atoms with Gasteiger partial charge in [-0.15, -0.1) is 0 Å². The maximum Gasteiger partial charge on any atom is 0.301 e. The van der Waals surface area contributed by atoms with Crippen LogP contribution in [0.5, 0.6) is 0 Å². The third-order valence-corrected chi connectivity index (χ3v) is 4.01. The summed E-state index contributed by atoms with van der Waals surface area (Å²) in [5.74, 6) is 5.58. The Morgan fingerprint density at radius 3 is 2.60 bits per heavy atom. The van der Waals surface area contributed by atoms with Gasteiger partial charge in [-0.1, -0.05) is 35.0 Å². The molecule has 6 nitrogen and oxygen atoms in total. The minimum Gasteiger partial charge on any atom is -0.308 e. The smallest absolute Gasteiger partial charge is 0.301 e. The Bertz CT molecular complexity index is 669. The summed E-state index contributed by atoms with van der Waals surface area (Å²) in [6, 6.07) is 7.69. The molecule has 1 aromatic carbocycles. The molecule has 3 N–H and O–H groups in total. The lowest BCUT2D eigenvalue weighted by Crippen LogP contribution is -2.09. The Balaban J connectivity index is 2.40. The highest BCUT2D eigenvalue weighted by Crippen LogP contribution is 2.36. The van der Waals surface area contributed by atoms with Crippen molar-refractivity contribution in [1.82, 2.24) is 4.98 Å². The zero-order valence-corrected chi connectivity index (χ0v) is 12.2. The highest BCUT2D eigenvalue weighted by Gasteiger charge is 2.17. The van der Waals surface area contributed by atoms with E-state index in [9.17, 15) is 10.1 Å². The first-order chi connectivity index (χ1) is 9.51. The molecule has 0 amide bonds. The number of benzene rings is 1. The number of hydrazine groups is 1. The van der Waals surface area contributed by atoms with Gasteiger partial charge in [-0.3, -0.25) is 10.1 Å². The van der Waals surface area contributed by atoms with Crippen LogP contribution in [-0.2, 0) is 0 Å². The fourth-order valence-corrected chi connectivity index (χ4v) is 2.67. The number of pyridine rings is 1. The van der Waals surface area contributed by atoms with E-state index in [1.165, 1.54) is 12.1 Å². The van der Waals surface area contributed by atoms with E-state index in [0.717, 1.165) is 11.8 Å². The molecule has 0 atom stereocenters. The Morgan fingerprint density at radius 2 is 2.00 bits per heavy atom. The molecule has 0 aliphatic rings. The summed E-state index contributed by atoms with van der Waals surface area (Å²) in [5.41, 5.74) is 2.23. The van der Waals surface area contributed by atoms with Gasteiger partial charge < -0.3 is 5.43 Å². The third kappa shape index (κ3) is 3.31. The highest BCUT2D eigenvalue weighted by atomic mass is 35.5. The van der Waals surface area contributed by atoms with E-state index in [0.29, 0.717) is 20.8 Å². The second kappa shape index (κ2) is 6.27. The largest absolute Gasteiger partial charge is 0.308 e. The molecule has 20 heavy (non-hydrogen) atoms. The van der Waals surface area contributed by atoms with Gasteiger partial charge >= 0.3 is 5.69 Å². The minimum absolute atomic E-state index is 0.111. The van der Waals surface area contributed by atoms with Gasteiger partial charge in [0.25, 0.3) is 0 Å². The Kier molecular flexibility index (Phi) is 4.66. The summed E-state index contributed by atoms with van der Waals surface area (Å²) in [6.07, 6.45) is 0. The van der Waals surface area contributed by atoms with Gasteiger partial charge in [0.1, 0.15) is 5.82 Å². The summed E-state index contributed by atoms with van der Waals surface area (Å²) in [6.45, 7) is 0. The van der Waals surface area contributed by atoms with Crippen molar-refractivity contribution in [3.8, 4) is 0 Å². The number of nitro groups is 1. The summed E-state index contributed by atoms with van der Waals surface area (Å²) in [5, 5.41) is 12.0. The summed E-state index contributed by atoms with van der Waals surface area (Å²) in [7, 11) is 0. The van der Waals surface area contributed by atoms with Crippen LogP contribution in [-0.4, -0.2) is 9.91 Å². The number of hydrogen-bond donors (Lipinski definition) is 2. The standard InChI is InChI=1S/C11H8Cl2N4O2S/c12-7-2-1-6(5-8(7)13)20-11-9(17(18)19)3-4-10(15-11)16-14/h1-5H,14H2,(H,15,16). The molecule has 9 heteroatoms. The summed E-state index contributed by atoms with van der Waals surface area (Å²) >= 11 is 12.8. The maximum absolute atomic E-state index is 11.0. The van der Waals surface area contributed by atoms with E-state index in [1.807, 2.05) is 0 Å². The van der Waals surface area contributed by atoms with Crippen LogP contribution in [0.1, 0.15) is 0 Å². The molecule has 1 heterocycles. The quantitative estimate of drug-likeness (QED) is 0.504. The van der Waals surface area contributed by atoms with E-state index in [4.69, 9.17) is 29.0 Å². The topological polar surface area (TPSA) is 94.1 Å². The van der Waals surface area contributed by atoms with Crippen molar-refractivity contribution in [3.05, 3.63) is 50.5 Å². The Morgan fingerprint density at radius 1 is 1.25 bits per heavy atom. The van der Waals surface area contributed by atoms with Gasteiger partial charge in [-0.05, 0) is 24.3 Å². The number of nitrogen functional groups attached to an aromatic ring is 1. The van der Waals surface area contributed by atoms with Crippen molar-refractivity contribution in [2.75, 3.05) is 5.43 Å². The fraction of sp³-hybridized carbons (Fsp3) is 0. The molecule has 0 spiro atoms. The molecule has 0 fully saturated rings. The molecule has 0 bridgehead atoms.